The van der Waals surface area contributed by atoms with Crippen molar-refractivity contribution in [1.29, 1.82) is 5.26 Å². The molecule has 0 aliphatic heterocycles. The molecule has 0 fully saturated rings. The molecular weight excluding hydrogens is 419 g/mol. The highest BCUT2D eigenvalue weighted by molar-refractivity contribution is 7.98. The number of nitriles is 1. The van der Waals surface area contributed by atoms with Crippen LogP contribution in [0.3, 0.4) is 0 Å². The van der Waals surface area contributed by atoms with Gasteiger partial charge in [-0.05, 0) is 61.3 Å². The van der Waals surface area contributed by atoms with Gasteiger partial charge in [-0.15, -0.1) is 0 Å². The van der Waals surface area contributed by atoms with Gasteiger partial charge >= 0.3 is 0 Å². The van der Waals surface area contributed by atoms with E-state index in [-0.39, 0.29) is 5.91 Å². The van der Waals surface area contributed by atoms with Crippen molar-refractivity contribution in [3.8, 4) is 17.3 Å². The second-order valence-corrected chi connectivity index (χ2v) is 6.95. The lowest BCUT2D eigenvalue weighted by atomic mass is 10.1. The molecule has 0 aliphatic carbocycles. The maximum Gasteiger partial charge on any atom is 0.226 e. The Balaban J connectivity index is 0.000000225. The van der Waals surface area contributed by atoms with Crippen LogP contribution in [0.5, 0.6) is 0 Å². The van der Waals surface area contributed by atoms with E-state index in [4.69, 9.17) is 11.0 Å². The van der Waals surface area contributed by atoms with Crippen LogP contribution in [-0.4, -0.2) is 22.3 Å². The number of nitrogens with zero attached hydrogens (tertiary/aromatic N) is 3. The summed E-state index contributed by atoms with van der Waals surface area (Å²) < 4.78 is 15.8. The third kappa shape index (κ3) is 7.09. The molecule has 0 spiro atoms. The van der Waals surface area contributed by atoms with Crippen LogP contribution in [0.2, 0.25) is 0 Å². The van der Waals surface area contributed by atoms with Crippen molar-refractivity contribution in [3.05, 3.63) is 65.7 Å². The molecule has 0 radical (unpaired) electrons. The average Bonchev–Trinajstić information content (AvgIpc) is 2.76. The van der Waals surface area contributed by atoms with Crippen molar-refractivity contribution < 1.29 is 14.0 Å². The number of amides is 2. The van der Waals surface area contributed by atoms with Gasteiger partial charge in [0, 0.05) is 23.1 Å². The van der Waals surface area contributed by atoms with E-state index >= 15 is 0 Å². The molecule has 1 heterocycles. The molecule has 0 aliphatic rings. The summed E-state index contributed by atoms with van der Waals surface area (Å²) in [5, 5.41) is 11.5. The quantitative estimate of drug-likeness (QED) is 0.410. The lowest BCUT2D eigenvalue weighted by Crippen LogP contribution is -2.09. The van der Waals surface area contributed by atoms with Crippen LogP contribution < -0.4 is 15.8 Å². The highest BCUT2D eigenvalue weighted by Gasteiger charge is 2.09. The van der Waals surface area contributed by atoms with Crippen LogP contribution in [0.25, 0.3) is 11.3 Å². The summed E-state index contributed by atoms with van der Waals surface area (Å²) in [6.07, 6.45) is 2.05. The van der Waals surface area contributed by atoms with Crippen LogP contribution >= 0.6 is 11.9 Å². The Morgan fingerprint density at radius 2 is 1.97 bits per heavy atom. The first-order chi connectivity index (χ1) is 14.8. The van der Waals surface area contributed by atoms with E-state index in [0.717, 1.165) is 10.6 Å². The summed E-state index contributed by atoms with van der Waals surface area (Å²) in [6.45, 7) is 3.16. The molecule has 2 amide bonds. The zero-order valence-electron chi connectivity index (χ0n) is 16.7. The minimum absolute atomic E-state index is 0.0925. The first-order valence-electron chi connectivity index (χ1n) is 8.87. The Morgan fingerprint density at radius 3 is 2.55 bits per heavy atom. The number of rotatable bonds is 5. The van der Waals surface area contributed by atoms with Crippen molar-refractivity contribution in [2.75, 3.05) is 11.1 Å². The SMILES string of the molecule is CC(=O)NSc1ccc(NC=O)cc1.Cc1nc(-c2cc(F)ccc2C#N)cnc1N. The Bertz CT molecular complexity index is 1120. The second-order valence-electron chi connectivity index (χ2n) is 6.07. The van der Waals surface area contributed by atoms with Gasteiger partial charge in [0.15, 0.2) is 0 Å². The predicted molar refractivity (Wildman–Crippen MR) is 117 cm³/mol. The van der Waals surface area contributed by atoms with Crippen LogP contribution in [0, 0.1) is 24.1 Å². The van der Waals surface area contributed by atoms with E-state index in [0.29, 0.717) is 34.7 Å². The van der Waals surface area contributed by atoms with Gasteiger partial charge in [0.1, 0.15) is 11.6 Å². The van der Waals surface area contributed by atoms with E-state index in [1.54, 1.807) is 19.1 Å². The topological polar surface area (TPSA) is 134 Å². The highest BCUT2D eigenvalue weighted by Crippen LogP contribution is 2.23. The average molecular weight is 438 g/mol. The lowest BCUT2D eigenvalue weighted by molar-refractivity contribution is -0.117. The fourth-order valence-electron chi connectivity index (χ4n) is 2.26. The number of nitrogens with one attached hydrogen (secondary N) is 2. The standard InChI is InChI=1S/C12H9FN4.C9H10N2O2S/c1-7-12(15)16-6-11(17-7)10-4-9(13)3-2-8(10)5-14;1-7(13)11-14-9-4-2-8(3-5-9)10-6-12/h2-4,6H,1H3,(H2,15,16);2-6H,1H3,(H,10,12)(H,11,13). The van der Waals surface area contributed by atoms with E-state index in [1.807, 2.05) is 18.2 Å². The summed E-state index contributed by atoms with van der Waals surface area (Å²) in [6, 6.07) is 13.1. The van der Waals surface area contributed by atoms with E-state index in [9.17, 15) is 14.0 Å². The number of hydrogen-bond donors (Lipinski definition) is 3. The number of hydrogen-bond acceptors (Lipinski definition) is 7. The molecule has 31 heavy (non-hydrogen) atoms. The number of halogens is 1. The lowest BCUT2D eigenvalue weighted by Gasteiger charge is -2.05. The van der Waals surface area contributed by atoms with Crippen LogP contribution in [-0.2, 0) is 9.59 Å². The van der Waals surface area contributed by atoms with Crippen molar-refractivity contribution >= 4 is 35.8 Å². The number of nitrogens with two attached hydrogens (primary N) is 1. The number of aromatic nitrogens is 2. The molecule has 0 bridgehead atoms. The minimum Gasteiger partial charge on any atom is -0.382 e. The summed E-state index contributed by atoms with van der Waals surface area (Å²) in [5.41, 5.74) is 8.04. The normalized spacial score (nSPS) is 9.61. The zero-order valence-corrected chi connectivity index (χ0v) is 17.5. The number of benzene rings is 2. The molecule has 3 rings (SSSR count). The monoisotopic (exact) mass is 438 g/mol. The number of carbonyl (C=O) groups excluding carboxylic acids is 2. The largest absolute Gasteiger partial charge is 0.382 e. The van der Waals surface area contributed by atoms with Gasteiger partial charge in [-0.2, -0.15) is 5.26 Å². The Kier molecular flexibility index (Phi) is 8.48. The molecule has 0 saturated carbocycles. The minimum atomic E-state index is -0.421. The summed E-state index contributed by atoms with van der Waals surface area (Å²) in [5.74, 6) is -0.191. The summed E-state index contributed by atoms with van der Waals surface area (Å²) in [4.78, 5) is 29.7. The summed E-state index contributed by atoms with van der Waals surface area (Å²) in [7, 11) is 0. The zero-order chi connectivity index (χ0) is 22.8. The molecule has 3 aromatic rings. The highest BCUT2D eigenvalue weighted by atomic mass is 32.2. The van der Waals surface area contributed by atoms with E-state index in [1.165, 1.54) is 43.3 Å². The second kappa shape index (κ2) is 11.3. The van der Waals surface area contributed by atoms with Crippen LogP contribution in [0.1, 0.15) is 18.2 Å². The van der Waals surface area contributed by atoms with Gasteiger partial charge in [0.25, 0.3) is 0 Å². The Morgan fingerprint density at radius 1 is 1.26 bits per heavy atom. The Labute approximate surface area is 182 Å². The third-order valence-electron chi connectivity index (χ3n) is 3.76. The molecule has 4 N–H and O–H groups in total. The molecular formula is C21H19FN6O2S. The van der Waals surface area contributed by atoms with E-state index in [2.05, 4.69) is 20.0 Å². The molecule has 158 valence electrons. The van der Waals surface area contributed by atoms with Gasteiger partial charge in [0.05, 0.1) is 29.2 Å². The number of nitrogen functional groups attached to an aromatic ring is 1. The smallest absolute Gasteiger partial charge is 0.226 e. The predicted octanol–water partition coefficient (Wildman–Crippen LogP) is 3.44. The Hall–Kier alpha value is -3.97. The fraction of sp³-hybridized carbons (Fsp3) is 0.0952. The maximum atomic E-state index is 13.2. The number of carbonyl (C=O) groups is 2. The van der Waals surface area contributed by atoms with Crippen molar-refractivity contribution in [3.63, 3.8) is 0 Å². The first-order valence-corrected chi connectivity index (χ1v) is 9.68. The maximum absolute atomic E-state index is 13.2. The van der Waals surface area contributed by atoms with Crippen molar-refractivity contribution in [1.82, 2.24) is 14.7 Å². The van der Waals surface area contributed by atoms with Crippen LogP contribution in [0.15, 0.2) is 53.6 Å². The van der Waals surface area contributed by atoms with Crippen molar-refractivity contribution in [2.45, 2.75) is 18.7 Å². The van der Waals surface area contributed by atoms with Crippen LogP contribution in [0.4, 0.5) is 15.9 Å². The summed E-state index contributed by atoms with van der Waals surface area (Å²) >= 11 is 1.24. The van der Waals surface area contributed by atoms with Gasteiger partial charge < -0.3 is 11.1 Å². The van der Waals surface area contributed by atoms with Crippen molar-refractivity contribution in [2.24, 2.45) is 0 Å². The van der Waals surface area contributed by atoms with Gasteiger partial charge in [-0.25, -0.2) is 14.4 Å². The molecule has 0 saturated heterocycles. The van der Waals surface area contributed by atoms with Gasteiger partial charge in [0.2, 0.25) is 12.3 Å². The molecule has 1 aromatic heterocycles. The molecule has 0 atom stereocenters. The molecule has 2 aromatic carbocycles. The molecule has 0 unspecified atom stereocenters. The van der Waals surface area contributed by atoms with Gasteiger partial charge in [-0.3, -0.25) is 14.3 Å². The fourth-order valence-corrected chi connectivity index (χ4v) is 2.80. The third-order valence-corrected chi connectivity index (χ3v) is 4.65. The number of anilines is 2. The van der Waals surface area contributed by atoms with E-state index < -0.39 is 5.82 Å². The molecule has 8 nitrogen and oxygen atoms in total. The first kappa shape index (κ1) is 23.3. The van der Waals surface area contributed by atoms with Gasteiger partial charge in [-0.1, -0.05) is 0 Å². The molecule has 10 heteroatoms. The number of aryl methyl sites for hydroxylation is 1.